The van der Waals surface area contributed by atoms with Gasteiger partial charge in [-0.1, -0.05) is 74.5 Å². The third-order valence-electron chi connectivity index (χ3n) is 5.84. The third kappa shape index (κ3) is 6.11. The van der Waals surface area contributed by atoms with Crippen LogP contribution in [-0.4, -0.2) is 58.4 Å². The second kappa shape index (κ2) is 10.5. The van der Waals surface area contributed by atoms with Gasteiger partial charge >= 0.3 is 6.09 Å². The van der Waals surface area contributed by atoms with Crippen molar-refractivity contribution in [2.24, 2.45) is 5.92 Å². The highest BCUT2D eigenvalue weighted by Crippen LogP contribution is 2.35. The summed E-state index contributed by atoms with van der Waals surface area (Å²) in [4.78, 5) is 17.1. The normalized spacial score (nSPS) is 19.2. The smallest absolute Gasteiger partial charge is 0.410 e. The van der Waals surface area contributed by atoms with Crippen LogP contribution in [0.3, 0.4) is 0 Å². The van der Waals surface area contributed by atoms with E-state index in [-0.39, 0.29) is 30.8 Å². The molecule has 0 aromatic heterocycles. The van der Waals surface area contributed by atoms with Gasteiger partial charge in [0.1, 0.15) is 5.60 Å². The van der Waals surface area contributed by atoms with Gasteiger partial charge in [-0.25, -0.2) is 4.79 Å². The predicted octanol–water partition coefficient (Wildman–Crippen LogP) is 5.10. The molecule has 5 heteroatoms. The molecule has 174 valence electrons. The van der Waals surface area contributed by atoms with Gasteiger partial charge in [-0.2, -0.15) is 0 Å². The molecule has 2 aromatic rings. The van der Waals surface area contributed by atoms with E-state index in [1.807, 2.05) is 32.9 Å². The van der Waals surface area contributed by atoms with Gasteiger partial charge in [-0.3, -0.25) is 4.90 Å². The van der Waals surface area contributed by atoms with Crippen LogP contribution in [0.15, 0.2) is 60.7 Å². The fourth-order valence-corrected chi connectivity index (χ4v) is 4.58. The van der Waals surface area contributed by atoms with E-state index in [2.05, 4.69) is 67.3 Å². The van der Waals surface area contributed by atoms with Crippen LogP contribution < -0.4 is 0 Å². The molecule has 1 heterocycles. The van der Waals surface area contributed by atoms with Crippen molar-refractivity contribution < 1.29 is 14.6 Å². The fourth-order valence-electron chi connectivity index (χ4n) is 4.58. The van der Waals surface area contributed by atoms with Gasteiger partial charge in [-0.15, -0.1) is 0 Å². The van der Waals surface area contributed by atoms with Gasteiger partial charge in [0.05, 0.1) is 18.7 Å². The summed E-state index contributed by atoms with van der Waals surface area (Å²) in [7, 11) is 0. The lowest BCUT2D eigenvalue weighted by Gasteiger charge is -2.38. The molecule has 2 atom stereocenters. The average Bonchev–Trinajstić information content (AvgIpc) is 3.18. The summed E-state index contributed by atoms with van der Waals surface area (Å²) in [5.74, 6) is 0.452. The molecular weight excluding hydrogens is 400 g/mol. The third-order valence-corrected chi connectivity index (χ3v) is 5.84. The second-order valence-electron chi connectivity index (χ2n) is 10.2. The minimum Gasteiger partial charge on any atom is -0.444 e. The van der Waals surface area contributed by atoms with E-state index in [4.69, 9.17) is 4.74 Å². The molecule has 0 unspecified atom stereocenters. The van der Waals surface area contributed by atoms with Crippen molar-refractivity contribution in [3.8, 4) is 0 Å². The van der Waals surface area contributed by atoms with Crippen LogP contribution in [-0.2, 0) is 4.74 Å². The Kier molecular flexibility index (Phi) is 7.96. The lowest BCUT2D eigenvalue weighted by Crippen LogP contribution is -2.44. The van der Waals surface area contributed by atoms with Crippen molar-refractivity contribution in [2.75, 3.05) is 19.7 Å². The maximum atomic E-state index is 12.9. The molecule has 0 radical (unpaired) electrons. The lowest BCUT2D eigenvalue weighted by atomic mass is 9.94. The first-order chi connectivity index (χ1) is 15.2. The molecule has 0 saturated carbocycles. The Hall–Kier alpha value is -2.37. The molecule has 0 spiro atoms. The van der Waals surface area contributed by atoms with Crippen LogP contribution in [0.2, 0.25) is 0 Å². The first-order valence-electron chi connectivity index (χ1n) is 11.7. The summed E-state index contributed by atoms with van der Waals surface area (Å²) in [5.41, 5.74) is 1.90. The molecule has 1 aliphatic rings. The molecule has 1 amide bonds. The Bertz CT molecular complexity index is 809. The minimum atomic E-state index is -0.566. The van der Waals surface area contributed by atoms with Crippen LogP contribution in [0, 0.1) is 5.92 Å². The predicted molar refractivity (Wildman–Crippen MR) is 128 cm³/mol. The molecule has 32 heavy (non-hydrogen) atoms. The van der Waals surface area contributed by atoms with E-state index in [1.165, 1.54) is 11.1 Å². The number of carbonyl (C=O) groups is 1. The first-order valence-corrected chi connectivity index (χ1v) is 11.7. The quantitative estimate of drug-likeness (QED) is 0.653. The molecule has 1 fully saturated rings. The fraction of sp³-hybridized carbons (Fsp3) is 0.519. The Labute approximate surface area is 193 Å². The lowest BCUT2D eigenvalue weighted by molar-refractivity contribution is 0.0164. The number of aliphatic hydroxyl groups is 1. The Morgan fingerprint density at radius 3 is 2.03 bits per heavy atom. The van der Waals surface area contributed by atoms with Gasteiger partial charge < -0.3 is 14.7 Å². The Morgan fingerprint density at radius 1 is 1.06 bits per heavy atom. The number of nitrogens with zero attached hydrogens (tertiary/aromatic N) is 2. The van der Waals surface area contributed by atoms with Crippen molar-refractivity contribution in [1.29, 1.82) is 0 Å². The van der Waals surface area contributed by atoms with Gasteiger partial charge in [0, 0.05) is 19.1 Å². The monoisotopic (exact) mass is 438 g/mol. The highest BCUT2D eigenvalue weighted by atomic mass is 16.6. The standard InChI is InChI=1S/C27H38N2O3/c1-20(2)17-28(23-16-24(19-30)29(18-23)26(31)32-27(3,4)5)25(21-12-8-6-9-13-21)22-14-10-7-11-15-22/h6-15,20,23-25,30H,16-19H2,1-5H3/t23-,24+/m1/s1. The van der Waals surface area contributed by atoms with Crippen molar-refractivity contribution in [1.82, 2.24) is 9.80 Å². The van der Waals surface area contributed by atoms with Crippen LogP contribution >= 0.6 is 0 Å². The SMILES string of the molecule is CC(C)CN(C(c1ccccc1)c1ccccc1)[C@@H]1C[C@@H](CO)N(C(=O)OC(C)(C)C)C1. The average molecular weight is 439 g/mol. The van der Waals surface area contributed by atoms with E-state index in [0.29, 0.717) is 12.5 Å². The number of aliphatic hydroxyl groups excluding tert-OH is 1. The van der Waals surface area contributed by atoms with E-state index in [0.717, 1.165) is 13.0 Å². The Balaban J connectivity index is 1.96. The van der Waals surface area contributed by atoms with E-state index >= 15 is 0 Å². The second-order valence-corrected chi connectivity index (χ2v) is 10.2. The maximum Gasteiger partial charge on any atom is 0.410 e. The number of benzene rings is 2. The van der Waals surface area contributed by atoms with Crippen molar-refractivity contribution in [3.05, 3.63) is 71.8 Å². The van der Waals surface area contributed by atoms with Gasteiger partial charge in [-0.05, 0) is 44.2 Å². The van der Waals surface area contributed by atoms with Crippen LogP contribution in [0.4, 0.5) is 4.79 Å². The molecule has 1 aliphatic heterocycles. The van der Waals surface area contributed by atoms with Gasteiger partial charge in [0.15, 0.2) is 0 Å². The minimum absolute atomic E-state index is 0.0629. The summed E-state index contributed by atoms with van der Waals surface area (Å²) < 4.78 is 5.65. The molecule has 2 aromatic carbocycles. The topological polar surface area (TPSA) is 53.0 Å². The number of rotatable bonds is 7. The molecule has 5 nitrogen and oxygen atoms in total. The maximum absolute atomic E-state index is 12.9. The summed E-state index contributed by atoms with van der Waals surface area (Å²) in [5, 5.41) is 10.1. The van der Waals surface area contributed by atoms with E-state index in [9.17, 15) is 9.90 Å². The molecule has 1 N–H and O–H groups in total. The number of hydrogen-bond acceptors (Lipinski definition) is 4. The van der Waals surface area contributed by atoms with Gasteiger partial charge in [0.2, 0.25) is 0 Å². The molecule has 3 rings (SSSR count). The zero-order chi connectivity index (χ0) is 23.3. The molecule has 1 saturated heterocycles. The molecule has 0 bridgehead atoms. The largest absolute Gasteiger partial charge is 0.444 e. The number of likely N-dealkylation sites (tertiary alicyclic amines) is 1. The van der Waals surface area contributed by atoms with Gasteiger partial charge in [0.25, 0.3) is 0 Å². The summed E-state index contributed by atoms with van der Waals surface area (Å²) in [6.07, 6.45) is 0.373. The molecular formula is C27H38N2O3. The van der Waals surface area contributed by atoms with E-state index < -0.39 is 5.60 Å². The highest BCUT2D eigenvalue weighted by Gasteiger charge is 2.42. The number of hydrogen-bond donors (Lipinski definition) is 1. The van der Waals surface area contributed by atoms with Crippen molar-refractivity contribution in [3.63, 3.8) is 0 Å². The van der Waals surface area contributed by atoms with Crippen molar-refractivity contribution in [2.45, 2.75) is 64.8 Å². The summed E-state index contributed by atoms with van der Waals surface area (Å²) in [6.45, 7) is 11.4. The van der Waals surface area contributed by atoms with E-state index in [1.54, 1.807) is 4.90 Å². The zero-order valence-electron chi connectivity index (χ0n) is 20.1. The molecule has 0 aliphatic carbocycles. The first kappa shape index (κ1) is 24.3. The summed E-state index contributed by atoms with van der Waals surface area (Å²) in [6, 6.07) is 21.1. The number of carbonyl (C=O) groups excluding carboxylic acids is 1. The van der Waals surface area contributed by atoms with Crippen LogP contribution in [0.25, 0.3) is 0 Å². The highest BCUT2D eigenvalue weighted by molar-refractivity contribution is 5.69. The number of amides is 1. The zero-order valence-corrected chi connectivity index (χ0v) is 20.1. The summed E-state index contributed by atoms with van der Waals surface area (Å²) >= 11 is 0. The van der Waals surface area contributed by atoms with Crippen molar-refractivity contribution >= 4 is 6.09 Å². The van der Waals surface area contributed by atoms with Crippen LogP contribution in [0.5, 0.6) is 0 Å². The number of ether oxygens (including phenoxy) is 1. The van der Waals surface area contributed by atoms with Crippen LogP contribution in [0.1, 0.15) is 58.2 Å². The Morgan fingerprint density at radius 2 is 1.59 bits per heavy atom.